The van der Waals surface area contributed by atoms with Crippen molar-refractivity contribution in [1.29, 1.82) is 0 Å². The standard InChI is InChI=1S/C14H13N3O3S/c1-6-8(3-15-17-6)11-2-7-9-4-20-5-10(18)12(9)16-14(19)13(7)21-11/h2-3,10,18H,4-5H2,1H3,(H,15,17)(H,16,19). The number of pyridine rings is 1. The molecule has 0 spiro atoms. The highest BCUT2D eigenvalue weighted by molar-refractivity contribution is 7.22. The summed E-state index contributed by atoms with van der Waals surface area (Å²) in [6.45, 7) is 2.54. The molecule has 0 saturated carbocycles. The lowest BCUT2D eigenvalue weighted by atomic mass is 10.0. The van der Waals surface area contributed by atoms with Gasteiger partial charge < -0.3 is 14.8 Å². The molecule has 1 unspecified atom stereocenters. The largest absolute Gasteiger partial charge is 0.384 e. The molecule has 108 valence electrons. The molecule has 1 atom stereocenters. The Morgan fingerprint density at radius 2 is 2.38 bits per heavy atom. The van der Waals surface area contributed by atoms with Crippen molar-refractivity contribution in [3.8, 4) is 10.4 Å². The van der Waals surface area contributed by atoms with Gasteiger partial charge in [0.25, 0.3) is 5.56 Å². The van der Waals surface area contributed by atoms with Crippen molar-refractivity contribution >= 4 is 21.4 Å². The van der Waals surface area contributed by atoms with Gasteiger partial charge in [-0.25, -0.2) is 0 Å². The average Bonchev–Trinajstić information content (AvgIpc) is 3.06. The van der Waals surface area contributed by atoms with Gasteiger partial charge in [-0.2, -0.15) is 5.10 Å². The van der Waals surface area contributed by atoms with Crippen LogP contribution in [0, 0.1) is 6.92 Å². The number of rotatable bonds is 1. The first-order valence-corrected chi connectivity index (χ1v) is 7.42. The SMILES string of the molecule is Cc1n[nH]cc1-c1cc2c3c([nH]c(=O)c2s1)C(O)COC3. The molecular formula is C14H13N3O3S. The van der Waals surface area contributed by atoms with Crippen molar-refractivity contribution in [2.45, 2.75) is 19.6 Å². The normalized spacial score (nSPS) is 18.1. The number of aliphatic hydroxyl groups excluding tert-OH is 1. The number of nitrogens with one attached hydrogen (secondary N) is 2. The zero-order chi connectivity index (χ0) is 14.6. The fraction of sp³-hybridized carbons (Fsp3) is 0.286. The molecule has 1 aliphatic heterocycles. The van der Waals surface area contributed by atoms with Crippen LogP contribution in [0.3, 0.4) is 0 Å². The Hall–Kier alpha value is -1.96. The van der Waals surface area contributed by atoms with Crippen LogP contribution < -0.4 is 5.56 Å². The minimum Gasteiger partial charge on any atom is -0.384 e. The highest BCUT2D eigenvalue weighted by Gasteiger charge is 2.24. The fourth-order valence-corrected chi connectivity index (χ4v) is 3.87. The highest BCUT2D eigenvalue weighted by Crippen LogP contribution is 2.37. The third-order valence-corrected chi connectivity index (χ3v) is 4.96. The maximum absolute atomic E-state index is 12.2. The van der Waals surface area contributed by atoms with Crippen molar-refractivity contribution in [2.24, 2.45) is 0 Å². The van der Waals surface area contributed by atoms with Crippen LogP contribution in [0.1, 0.15) is 23.1 Å². The van der Waals surface area contributed by atoms with Crippen molar-refractivity contribution in [2.75, 3.05) is 6.61 Å². The maximum Gasteiger partial charge on any atom is 0.266 e. The number of aromatic nitrogens is 3. The summed E-state index contributed by atoms with van der Waals surface area (Å²) in [6.07, 6.45) is 1.05. The summed E-state index contributed by atoms with van der Waals surface area (Å²) in [5.41, 5.74) is 3.16. The quantitative estimate of drug-likeness (QED) is 0.640. The summed E-state index contributed by atoms with van der Waals surface area (Å²) in [7, 11) is 0. The number of hydrogen-bond donors (Lipinski definition) is 3. The van der Waals surface area contributed by atoms with Gasteiger partial charge in [0.1, 0.15) is 10.8 Å². The number of aliphatic hydroxyl groups is 1. The smallest absolute Gasteiger partial charge is 0.266 e. The molecular weight excluding hydrogens is 290 g/mol. The van der Waals surface area contributed by atoms with Gasteiger partial charge in [0.2, 0.25) is 0 Å². The second-order valence-electron chi connectivity index (χ2n) is 5.12. The van der Waals surface area contributed by atoms with Gasteiger partial charge >= 0.3 is 0 Å². The van der Waals surface area contributed by atoms with Gasteiger partial charge in [0, 0.05) is 27.6 Å². The van der Waals surface area contributed by atoms with Crippen LogP contribution in [0.2, 0.25) is 0 Å². The zero-order valence-corrected chi connectivity index (χ0v) is 12.1. The Balaban J connectivity index is 2.02. The number of thiophene rings is 1. The number of hydrogen-bond acceptors (Lipinski definition) is 5. The van der Waals surface area contributed by atoms with E-state index in [-0.39, 0.29) is 12.2 Å². The number of H-pyrrole nitrogens is 2. The van der Waals surface area contributed by atoms with Crippen LogP contribution in [0.25, 0.3) is 20.5 Å². The second-order valence-corrected chi connectivity index (χ2v) is 6.17. The molecule has 0 saturated heterocycles. The van der Waals surface area contributed by atoms with Crippen molar-refractivity contribution < 1.29 is 9.84 Å². The molecule has 0 amide bonds. The van der Waals surface area contributed by atoms with Crippen LogP contribution in [0.4, 0.5) is 0 Å². The van der Waals surface area contributed by atoms with Crippen molar-refractivity contribution in [3.05, 3.63) is 39.6 Å². The first-order chi connectivity index (χ1) is 10.1. The monoisotopic (exact) mass is 303 g/mol. The Morgan fingerprint density at radius 3 is 3.14 bits per heavy atom. The van der Waals surface area contributed by atoms with Crippen LogP contribution in [-0.4, -0.2) is 26.9 Å². The molecule has 0 aliphatic carbocycles. The van der Waals surface area contributed by atoms with E-state index in [2.05, 4.69) is 15.2 Å². The van der Waals surface area contributed by atoms with Gasteiger partial charge in [-0.05, 0) is 13.0 Å². The van der Waals surface area contributed by atoms with Crippen LogP contribution in [-0.2, 0) is 11.3 Å². The molecule has 3 aromatic heterocycles. The van der Waals surface area contributed by atoms with E-state index in [1.54, 1.807) is 0 Å². The summed E-state index contributed by atoms with van der Waals surface area (Å²) in [4.78, 5) is 16.0. The van der Waals surface area contributed by atoms with Gasteiger partial charge in [0.15, 0.2) is 0 Å². The minimum atomic E-state index is -0.773. The van der Waals surface area contributed by atoms with Crippen LogP contribution in [0.15, 0.2) is 17.1 Å². The zero-order valence-electron chi connectivity index (χ0n) is 11.3. The molecule has 0 fully saturated rings. The Kier molecular flexibility index (Phi) is 2.75. The molecule has 1 aliphatic rings. The van der Waals surface area contributed by atoms with E-state index < -0.39 is 6.10 Å². The van der Waals surface area contributed by atoms with Gasteiger partial charge in [0.05, 0.1) is 24.6 Å². The lowest BCUT2D eigenvalue weighted by Crippen LogP contribution is -2.22. The maximum atomic E-state index is 12.2. The van der Waals surface area contributed by atoms with E-state index in [9.17, 15) is 9.90 Å². The van der Waals surface area contributed by atoms with E-state index in [1.807, 2.05) is 19.2 Å². The Morgan fingerprint density at radius 1 is 1.52 bits per heavy atom. The third kappa shape index (κ3) is 1.85. The van der Waals surface area contributed by atoms with Gasteiger partial charge in [-0.3, -0.25) is 9.89 Å². The first kappa shape index (κ1) is 12.8. The lowest BCUT2D eigenvalue weighted by molar-refractivity contribution is 0.00764. The fourth-order valence-electron chi connectivity index (χ4n) is 2.72. The molecule has 3 N–H and O–H groups in total. The van der Waals surface area contributed by atoms with Crippen molar-refractivity contribution in [3.63, 3.8) is 0 Å². The third-order valence-electron chi connectivity index (χ3n) is 3.79. The number of aryl methyl sites for hydroxylation is 1. The summed E-state index contributed by atoms with van der Waals surface area (Å²) in [6, 6.07) is 1.98. The van der Waals surface area contributed by atoms with E-state index in [0.29, 0.717) is 17.0 Å². The molecule has 21 heavy (non-hydrogen) atoms. The minimum absolute atomic E-state index is 0.165. The second kappa shape index (κ2) is 4.52. The van der Waals surface area contributed by atoms with Gasteiger partial charge in [-0.15, -0.1) is 11.3 Å². The lowest BCUT2D eigenvalue weighted by Gasteiger charge is -2.21. The molecule has 6 nitrogen and oxygen atoms in total. The molecule has 7 heteroatoms. The predicted octanol–water partition coefficient (Wildman–Crippen LogP) is 1.85. The average molecular weight is 303 g/mol. The molecule has 3 aromatic rings. The molecule has 4 heterocycles. The predicted molar refractivity (Wildman–Crippen MR) is 79.4 cm³/mol. The van der Waals surface area contributed by atoms with E-state index in [1.165, 1.54) is 11.3 Å². The molecule has 0 aromatic carbocycles. The molecule has 0 radical (unpaired) electrons. The van der Waals surface area contributed by atoms with E-state index >= 15 is 0 Å². The summed E-state index contributed by atoms with van der Waals surface area (Å²) in [5.74, 6) is 0. The van der Waals surface area contributed by atoms with Crippen LogP contribution in [0.5, 0.6) is 0 Å². The molecule has 4 rings (SSSR count). The topological polar surface area (TPSA) is 91.0 Å². The number of aromatic amines is 2. The number of nitrogens with zero attached hydrogens (tertiary/aromatic N) is 1. The highest BCUT2D eigenvalue weighted by atomic mass is 32.1. The Labute approximate surface area is 123 Å². The first-order valence-electron chi connectivity index (χ1n) is 6.60. The molecule has 0 bridgehead atoms. The summed E-state index contributed by atoms with van der Waals surface area (Å²) >= 11 is 1.43. The summed E-state index contributed by atoms with van der Waals surface area (Å²) < 4.78 is 6.05. The Bertz CT molecular complexity index is 893. The van der Waals surface area contributed by atoms with E-state index in [4.69, 9.17) is 4.74 Å². The van der Waals surface area contributed by atoms with Gasteiger partial charge in [-0.1, -0.05) is 0 Å². The number of ether oxygens (including phenoxy) is 1. The summed E-state index contributed by atoms with van der Waals surface area (Å²) in [5, 5.41) is 17.8. The van der Waals surface area contributed by atoms with Crippen LogP contribution >= 0.6 is 11.3 Å². The van der Waals surface area contributed by atoms with Crippen molar-refractivity contribution in [1.82, 2.24) is 15.2 Å². The number of fused-ring (bicyclic) bond motifs is 3. The van der Waals surface area contributed by atoms with E-state index in [0.717, 1.165) is 27.1 Å².